The van der Waals surface area contributed by atoms with Gasteiger partial charge in [-0.25, -0.2) is 4.79 Å². The van der Waals surface area contributed by atoms with Crippen LogP contribution in [0.1, 0.15) is 10.4 Å². The molecule has 0 radical (unpaired) electrons. The number of halogens is 3. The highest BCUT2D eigenvalue weighted by Gasteiger charge is 2.38. The molecule has 0 bridgehead atoms. The van der Waals surface area contributed by atoms with Gasteiger partial charge < -0.3 is 9.74 Å². The molecule has 0 unspecified atom stereocenters. The minimum atomic E-state index is -4.95. The molecule has 1 aromatic carbocycles. The van der Waals surface area contributed by atoms with Crippen molar-refractivity contribution in [1.29, 1.82) is 0 Å². The number of nitrogens with one attached hydrogen (secondary N) is 1. The maximum Gasteiger partial charge on any atom is 0.471 e. The molecule has 0 saturated heterocycles. The minimum absolute atomic E-state index is 0.0446. The molecule has 1 aromatic rings. The summed E-state index contributed by atoms with van der Waals surface area (Å²) < 4.78 is 41.4. The molecule has 0 fully saturated rings. The highest BCUT2D eigenvalue weighted by molar-refractivity contribution is 6.71. The Labute approximate surface area is 115 Å². The van der Waals surface area contributed by atoms with Crippen molar-refractivity contribution >= 4 is 25.9 Å². The molecule has 1 rings (SSSR count). The Kier molecular flexibility index (Phi) is 4.59. The van der Waals surface area contributed by atoms with Gasteiger partial charge in [-0.05, 0) is 43.9 Å². The van der Waals surface area contributed by atoms with Crippen LogP contribution in [0.2, 0.25) is 19.6 Å². The second-order valence-electron chi connectivity index (χ2n) is 5.03. The number of carbonyl (C=O) groups is 2. The third kappa shape index (κ3) is 5.04. The highest BCUT2D eigenvalue weighted by Crippen LogP contribution is 2.19. The summed E-state index contributed by atoms with van der Waals surface area (Å²) in [5.41, 5.74) is 0.175. The Morgan fingerprint density at radius 3 is 2.00 bits per heavy atom. The van der Waals surface area contributed by atoms with Crippen LogP contribution < -0.4 is 5.32 Å². The number of benzene rings is 1. The van der Waals surface area contributed by atoms with Crippen molar-refractivity contribution < 1.29 is 27.2 Å². The number of alkyl halides is 3. The molecular formula is C12H14F3NO3Si. The van der Waals surface area contributed by atoms with E-state index in [-0.39, 0.29) is 11.3 Å². The summed E-state index contributed by atoms with van der Waals surface area (Å²) in [5, 5.41) is 1.69. The lowest BCUT2D eigenvalue weighted by atomic mass is 10.2. The number of amides is 1. The fourth-order valence-corrected chi connectivity index (χ4v) is 1.90. The van der Waals surface area contributed by atoms with Crippen LogP contribution in [-0.2, 0) is 9.22 Å². The average molecular weight is 305 g/mol. The van der Waals surface area contributed by atoms with E-state index in [0.29, 0.717) is 0 Å². The number of rotatable bonds is 3. The summed E-state index contributed by atoms with van der Waals surface area (Å²) in [5.74, 6) is -2.59. The van der Waals surface area contributed by atoms with Crippen LogP contribution in [0.5, 0.6) is 0 Å². The molecule has 8 heteroatoms. The van der Waals surface area contributed by atoms with E-state index in [2.05, 4.69) is 0 Å². The lowest BCUT2D eigenvalue weighted by Gasteiger charge is -2.17. The van der Waals surface area contributed by atoms with Gasteiger partial charge in [0.15, 0.2) is 0 Å². The first-order valence-corrected chi connectivity index (χ1v) is 9.11. The Morgan fingerprint density at radius 1 is 1.10 bits per heavy atom. The van der Waals surface area contributed by atoms with Gasteiger partial charge >= 0.3 is 18.1 Å². The van der Waals surface area contributed by atoms with Crippen LogP contribution in [0.25, 0.3) is 0 Å². The fraction of sp³-hybridized carbons (Fsp3) is 0.333. The van der Waals surface area contributed by atoms with Gasteiger partial charge in [-0.3, -0.25) is 4.79 Å². The van der Waals surface area contributed by atoms with E-state index in [1.807, 2.05) is 19.6 Å². The van der Waals surface area contributed by atoms with Crippen LogP contribution in [0.4, 0.5) is 18.9 Å². The van der Waals surface area contributed by atoms with Gasteiger partial charge in [0.25, 0.3) is 0 Å². The molecule has 20 heavy (non-hydrogen) atoms. The quantitative estimate of drug-likeness (QED) is 0.873. The van der Waals surface area contributed by atoms with E-state index in [4.69, 9.17) is 4.43 Å². The zero-order valence-electron chi connectivity index (χ0n) is 11.2. The molecule has 4 nitrogen and oxygen atoms in total. The summed E-state index contributed by atoms with van der Waals surface area (Å²) in [6.45, 7) is 5.51. The lowest BCUT2D eigenvalue weighted by Crippen LogP contribution is -2.30. The Morgan fingerprint density at radius 2 is 1.60 bits per heavy atom. The van der Waals surface area contributed by atoms with Crippen molar-refractivity contribution in [3.63, 3.8) is 0 Å². The van der Waals surface area contributed by atoms with Crippen molar-refractivity contribution in [1.82, 2.24) is 0 Å². The monoisotopic (exact) mass is 305 g/mol. The fourth-order valence-electron chi connectivity index (χ4n) is 1.23. The molecular weight excluding hydrogens is 291 g/mol. The van der Waals surface area contributed by atoms with Crippen molar-refractivity contribution in [3.05, 3.63) is 29.8 Å². The van der Waals surface area contributed by atoms with E-state index in [1.165, 1.54) is 24.3 Å². The number of hydrogen-bond acceptors (Lipinski definition) is 3. The van der Waals surface area contributed by atoms with Gasteiger partial charge in [-0.2, -0.15) is 13.2 Å². The predicted octanol–water partition coefficient (Wildman–Crippen LogP) is 3.18. The molecule has 0 spiro atoms. The standard InChI is InChI=1S/C12H14F3NO3Si/c1-20(2,3)19-10(17)8-4-6-9(7-5-8)16-11(18)12(13,14)15/h4-7H,1-3H3,(H,16,18). The summed E-state index contributed by atoms with van der Waals surface area (Å²) >= 11 is 0. The average Bonchev–Trinajstić information content (AvgIpc) is 2.26. The van der Waals surface area contributed by atoms with Crippen molar-refractivity contribution in [2.24, 2.45) is 0 Å². The summed E-state index contributed by atoms with van der Waals surface area (Å²) in [6, 6.07) is 5.03. The van der Waals surface area contributed by atoms with Crippen LogP contribution in [0.3, 0.4) is 0 Å². The molecule has 0 aliphatic rings. The predicted molar refractivity (Wildman–Crippen MR) is 69.9 cm³/mol. The van der Waals surface area contributed by atoms with Gasteiger partial charge in [-0.15, -0.1) is 0 Å². The first-order valence-electron chi connectivity index (χ1n) is 5.70. The molecule has 0 heterocycles. The van der Waals surface area contributed by atoms with Gasteiger partial charge in [0, 0.05) is 5.69 Å². The summed E-state index contributed by atoms with van der Waals surface area (Å²) in [6.07, 6.45) is -4.95. The number of anilines is 1. The van der Waals surface area contributed by atoms with Crippen LogP contribution in [0.15, 0.2) is 24.3 Å². The third-order valence-electron chi connectivity index (χ3n) is 2.03. The van der Waals surface area contributed by atoms with E-state index in [1.54, 1.807) is 5.32 Å². The largest absolute Gasteiger partial charge is 0.516 e. The molecule has 1 N–H and O–H groups in total. The maximum absolute atomic E-state index is 12.0. The highest BCUT2D eigenvalue weighted by atomic mass is 28.4. The zero-order chi connectivity index (χ0) is 15.6. The maximum atomic E-state index is 12.0. The van der Waals surface area contributed by atoms with E-state index < -0.39 is 26.4 Å². The van der Waals surface area contributed by atoms with E-state index >= 15 is 0 Å². The zero-order valence-corrected chi connectivity index (χ0v) is 12.2. The smallest absolute Gasteiger partial charge is 0.471 e. The van der Waals surface area contributed by atoms with Crippen molar-refractivity contribution in [2.45, 2.75) is 25.8 Å². The van der Waals surface area contributed by atoms with Gasteiger partial charge in [0.1, 0.15) is 0 Å². The van der Waals surface area contributed by atoms with Crippen LogP contribution in [0, 0.1) is 0 Å². The van der Waals surface area contributed by atoms with Gasteiger partial charge in [0.2, 0.25) is 8.32 Å². The summed E-state index contributed by atoms with van der Waals surface area (Å²) in [4.78, 5) is 22.4. The third-order valence-corrected chi connectivity index (χ3v) is 2.83. The molecule has 110 valence electrons. The van der Waals surface area contributed by atoms with Crippen molar-refractivity contribution in [3.8, 4) is 0 Å². The normalized spacial score (nSPS) is 11.9. The minimum Gasteiger partial charge on any atom is -0.516 e. The number of carbonyl (C=O) groups excluding carboxylic acids is 2. The van der Waals surface area contributed by atoms with E-state index in [0.717, 1.165) is 0 Å². The second-order valence-corrected chi connectivity index (χ2v) is 9.46. The first-order chi connectivity index (χ1) is 8.99. The van der Waals surface area contributed by atoms with Gasteiger partial charge in [-0.1, -0.05) is 0 Å². The molecule has 0 aliphatic carbocycles. The molecule has 0 aromatic heterocycles. The Bertz CT molecular complexity index is 506. The van der Waals surface area contributed by atoms with Crippen LogP contribution in [-0.4, -0.2) is 26.4 Å². The molecule has 0 aliphatic heterocycles. The SMILES string of the molecule is C[Si](C)(C)OC(=O)c1ccc(NC(=O)C(F)(F)F)cc1. The Balaban J connectivity index is 2.75. The second kappa shape index (κ2) is 5.66. The topological polar surface area (TPSA) is 55.4 Å². The Hall–Kier alpha value is -1.83. The number of hydrogen-bond donors (Lipinski definition) is 1. The van der Waals surface area contributed by atoms with Crippen molar-refractivity contribution in [2.75, 3.05) is 5.32 Å². The van der Waals surface area contributed by atoms with E-state index in [9.17, 15) is 22.8 Å². The summed E-state index contributed by atoms with van der Waals surface area (Å²) in [7, 11) is -2.04. The first kappa shape index (κ1) is 16.2. The van der Waals surface area contributed by atoms with Gasteiger partial charge in [0.05, 0.1) is 5.56 Å². The molecule has 0 atom stereocenters. The lowest BCUT2D eigenvalue weighted by molar-refractivity contribution is -0.167. The molecule has 1 amide bonds. The molecule has 0 saturated carbocycles. The van der Waals surface area contributed by atoms with Crippen LogP contribution >= 0.6 is 0 Å².